The van der Waals surface area contributed by atoms with Gasteiger partial charge in [0.05, 0.1) is 6.54 Å². The van der Waals surface area contributed by atoms with Gasteiger partial charge in [-0.15, -0.1) is 0 Å². The summed E-state index contributed by atoms with van der Waals surface area (Å²) in [6.45, 7) is -0.335. The summed E-state index contributed by atoms with van der Waals surface area (Å²) in [6.07, 6.45) is 1.72. The number of hydrazine groups is 1. The van der Waals surface area contributed by atoms with Crippen LogP contribution in [0.25, 0.3) is 0 Å². The van der Waals surface area contributed by atoms with E-state index in [0.29, 0.717) is 28.8 Å². The molecule has 0 aliphatic carbocycles. The number of pyridine rings is 1. The molecule has 12 heteroatoms. The normalized spacial score (nSPS) is 13.6. The van der Waals surface area contributed by atoms with Crippen LogP contribution in [0.3, 0.4) is 0 Å². The zero-order valence-electron chi connectivity index (χ0n) is 19.3. The average molecular weight is 521 g/mol. The van der Waals surface area contributed by atoms with Gasteiger partial charge in [0, 0.05) is 41.4 Å². The lowest BCUT2D eigenvalue weighted by Crippen LogP contribution is -2.53. The molecular weight excluding hydrogens is 500 g/mol. The molecule has 6 nitrogen and oxygen atoms in total. The largest absolute Gasteiger partial charge is 0.377 e. The second-order valence-corrected chi connectivity index (χ2v) is 8.14. The van der Waals surface area contributed by atoms with E-state index in [-0.39, 0.29) is 11.1 Å². The smallest absolute Gasteiger partial charge is 0.323 e. The van der Waals surface area contributed by atoms with Crippen LogP contribution in [0.2, 0.25) is 0 Å². The summed E-state index contributed by atoms with van der Waals surface area (Å²) in [4.78, 5) is 3.68. The third kappa shape index (κ3) is 6.02. The molecule has 0 aliphatic rings. The van der Waals surface area contributed by atoms with Crippen LogP contribution in [0.5, 0.6) is 0 Å². The van der Waals surface area contributed by atoms with Gasteiger partial charge in [-0.3, -0.25) is 9.99 Å². The Kier molecular flexibility index (Phi) is 7.80. The molecule has 0 radical (unpaired) electrons. The first-order valence-electron chi connectivity index (χ1n) is 10.6. The Balaban J connectivity index is 1.95. The van der Waals surface area contributed by atoms with E-state index in [0.717, 1.165) is 25.5 Å². The quantitative estimate of drug-likeness (QED) is 0.109. The van der Waals surface area contributed by atoms with E-state index < -0.39 is 46.9 Å². The molecule has 0 spiro atoms. The van der Waals surface area contributed by atoms with Crippen molar-refractivity contribution in [2.24, 2.45) is 16.8 Å². The SMILES string of the molecule is CC(F)(F)c1ccc(C#Cc2ccc(C(F)(F)C(O)(CN(N)/C=N\N)c3ccc(F)cc3F)nc2)cc1. The summed E-state index contributed by atoms with van der Waals surface area (Å²) in [5, 5.41) is 14.7. The van der Waals surface area contributed by atoms with E-state index in [1.165, 1.54) is 30.3 Å². The minimum atomic E-state index is -4.25. The number of alkyl halides is 4. The van der Waals surface area contributed by atoms with Gasteiger partial charge < -0.3 is 10.9 Å². The van der Waals surface area contributed by atoms with Gasteiger partial charge in [-0.1, -0.05) is 24.0 Å². The van der Waals surface area contributed by atoms with Gasteiger partial charge in [-0.05, 0) is 36.4 Å². The van der Waals surface area contributed by atoms with Gasteiger partial charge in [-0.2, -0.15) is 13.9 Å². The molecule has 3 rings (SSSR count). The zero-order valence-corrected chi connectivity index (χ0v) is 19.3. The van der Waals surface area contributed by atoms with Crippen LogP contribution in [0.15, 0.2) is 65.9 Å². The van der Waals surface area contributed by atoms with E-state index in [1.807, 2.05) is 0 Å². The van der Waals surface area contributed by atoms with Crippen molar-refractivity contribution in [2.45, 2.75) is 24.4 Å². The minimum absolute atomic E-state index is 0.190. The number of rotatable bonds is 7. The molecule has 0 bridgehead atoms. The number of aliphatic hydroxyl groups is 1. The van der Waals surface area contributed by atoms with Crippen LogP contribution < -0.4 is 11.7 Å². The summed E-state index contributed by atoms with van der Waals surface area (Å²) < 4.78 is 85.9. The maximum atomic E-state index is 15.7. The molecule has 5 N–H and O–H groups in total. The van der Waals surface area contributed by atoms with Crippen LogP contribution in [-0.2, 0) is 17.4 Å². The van der Waals surface area contributed by atoms with Crippen molar-refractivity contribution < 1.29 is 31.4 Å². The predicted molar refractivity (Wildman–Crippen MR) is 124 cm³/mol. The number of nitrogens with zero attached hydrogens (tertiary/aromatic N) is 3. The van der Waals surface area contributed by atoms with E-state index in [1.54, 1.807) is 0 Å². The Morgan fingerprint density at radius 1 is 1.00 bits per heavy atom. The number of aromatic nitrogens is 1. The number of hydrazone groups is 1. The summed E-state index contributed by atoms with van der Waals surface area (Å²) >= 11 is 0. The van der Waals surface area contributed by atoms with E-state index >= 15 is 8.78 Å². The van der Waals surface area contributed by atoms with Crippen molar-refractivity contribution in [1.82, 2.24) is 9.99 Å². The van der Waals surface area contributed by atoms with Gasteiger partial charge in [-0.25, -0.2) is 23.4 Å². The summed E-state index contributed by atoms with van der Waals surface area (Å²) in [6, 6.07) is 8.98. The predicted octanol–water partition coefficient (Wildman–Crippen LogP) is 3.93. The molecule has 1 atom stereocenters. The van der Waals surface area contributed by atoms with E-state index in [9.17, 15) is 22.7 Å². The van der Waals surface area contributed by atoms with Gasteiger partial charge in [0.2, 0.25) is 0 Å². The van der Waals surface area contributed by atoms with Gasteiger partial charge in [0.15, 0.2) is 5.60 Å². The molecule has 3 aromatic rings. The van der Waals surface area contributed by atoms with Crippen molar-refractivity contribution in [3.8, 4) is 11.8 Å². The third-order valence-electron chi connectivity index (χ3n) is 5.35. The summed E-state index contributed by atoms with van der Waals surface area (Å²) in [5.41, 5.74) is -4.83. The number of benzene rings is 2. The topological polar surface area (TPSA) is 101 Å². The second-order valence-electron chi connectivity index (χ2n) is 8.14. The highest BCUT2D eigenvalue weighted by Gasteiger charge is 2.58. The Labute approximate surface area is 208 Å². The molecule has 0 amide bonds. The fourth-order valence-electron chi connectivity index (χ4n) is 3.43. The number of hydrogen-bond donors (Lipinski definition) is 3. The van der Waals surface area contributed by atoms with Crippen LogP contribution in [0.1, 0.15) is 34.9 Å². The molecular formula is C25H21F6N5O. The molecule has 0 aliphatic heterocycles. The van der Waals surface area contributed by atoms with Gasteiger partial charge >= 0.3 is 5.92 Å². The average Bonchev–Trinajstić information content (AvgIpc) is 2.82. The van der Waals surface area contributed by atoms with E-state index in [4.69, 9.17) is 11.7 Å². The standard InChI is InChI=1S/C25H21F6N5O/c1-23(28,29)18-7-4-16(5-8-18)2-3-17-6-11-22(34-13-17)25(30,31)24(37,14-36(33)15-35-32)20-10-9-19(26)12-21(20)27/h4-13,15,37H,14,32-33H2,1H3/b35-15-. The molecule has 194 valence electrons. The Bertz CT molecular complexity index is 1330. The zero-order chi connectivity index (χ0) is 27.4. The maximum Gasteiger partial charge on any atom is 0.323 e. The number of hydrogen-bond acceptors (Lipinski definition) is 5. The van der Waals surface area contributed by atoms with Crippen LogP contribution >= 0.6 is 0 Å². The number of halogens is 6. The Morgan fingerprint density at radius 3 is 2.16 bits per heavy atom. The van der Waals surface area contributed by atoms with Crippen LogP contribution in [0.4, 0.5) is 26.3 Å². The van der Waals surface area contributed by atoms with Crippen molar-refractivity contribution in [2.75, 3.05) is 6.54 Å². The van der Waals surface area contributed by atoms with Crippen LogP contribution in [-0.4, -0.2) is 28.0 Å². The lowest BCUT2D eigenvalue weighted by Gasteiger charge is -2.37. The highest BCUT2D eigenvalue weighted by molar-refractivity contribution is 5.54. The molecule has 1 unspecified atom stereocenters. The lowest BCUT2D eigenvalue weighted by molar-refractivity contribution is -0.203. The summed E-state index contributed by atoms with van der Waals surface area (Å²) in [5.74, 6) is 6.14. The fourth-order valence-corrected chi connectivity index (χ4v) is 3.43. The molecule has 0 saturated heterocycles. The highest BCUT2D eigenvalue weighted by atomic mass is 19.3. The van der Waals surface area contributed by atoms with Crippen molar-refractivity contribution >= 4 is 6.34 Å². The van der Waals surface area contributed by atoms with Crippen molar-refractivity contribution in [1.29, 1.82) is 0 Å². The third-order valence-corrected chi connectivity index (χ3v) is 5.35. The highest BCUT2D eigenvalue weighted by Crippen LogP contribution is 2.46. The second kappa shape index (κ2) is 10.5. The first-order chi connectivity index (χ1) is 17.3. The lowest BCUT2D eigenvalue weighted by atomic mass is 9.84. The first-order valence-corrected chi connectivity index (χ1v) is 10.6. The van der Waals surface area contributed by atoms with Crippen LogP contribution in [0, 0.1) is 23.5 Å². The van der Waals surface area contributed by atoms with E-state index in [2.05, 4.69) is 21.9 Å². The Hall–Kier alpha value is -4.08. The molecule has 0 fully saturated rings. The molecule has 37 heavy (non-hydrogen) atoms. The first kappa shape index (κ1) is 27.5. The van der Waals surface area contributed by atoms with Gasteiger partial charge in [0.25, 0.3) is 5.92 Å². The fraction of sp³-hybridized carbons (Fsp3) is 0.200. The molecule has 1 aromatic heterocycles. The van der Waals surface area contributed by atoms with Crippen molar-refractivity contribution in [3.05, 3.63) is 100 Å². The van der Waals surface area contributed by atoms with Gasteiger partial charge in [0.1, 0.15) is 23.7 Å². The maximum absolute atomic E-state index is 15.7. The monoisotopic (exact) mass is 521 g/mol. The molecule has 1 heterocycles. The minimum Gasteiger partial charge on any atom is -0.377 e. The summed E-state index contributed by atoms with van der Waals surface area (Å²) in [7, 11) is 0. The molecule has 0 saturated carbocycles. The van der Waals surface area contributed by atoms with Crippen molar-refractivity contribution in [3.63, 3.8) is 0 Å². The Morgan fingerprint density at radius 2 is 1.62 bits per heavy atom. The number of nitrogens with two attached hydrogens (primary N) is 2. The molecule has 2 aromatic carbocycles.